The monoisotopic (exact) mass is 315 g/mol. The predicted octanol–water partition coefficient (Wildman–Crippen LogP) is 4.07. The molecule has 0 amide bonds. The summed E-state index contributed by atoms with van der Waals surface area (Å²) >= 11 is 3.41. The van der Waals surface area contributed by atoms with Crippen LogP contribution in [0.3, 0.4) is 0 Å². The molecule has 0 aromatic heterocycles. The number of halogens is 4. The van der Waals surface area contributed by atoms with Gasteiger partial charge in [0.25, 0.3) is 0 Å². The van der Waals surface area contributed by atoms with Crippen LogP contribution < -0.4 is 0 Å². The van der Waals surface area contributed by atoms with Crippen molar-refractivity contribution in [2.45, 2.75) is 38.8 Å². The van der Waals surface area contributed by atoms with Crippen LogP contribution in [-0.2, 0) is 0 Å². The van der Waals surface area contributed by atoms with E-state index >= 15 is 0 Å². The molecule has 1 unspecified atom stereocenters. The quantitative estimate of drug-likeness (QED) is 0.691. The van der Waals surface area contributed by atoms with Gasteiger partial charge in [-0.05, 0) is 51.2 Å². The Hall–Kier alpha value is 0.230. The lowest BCUT2D eigenvalue weighted by molar-refractivity contribution is -0.185. The molecule has 0 aliphatic carbocycles. The van der Waals surface area contributed by atoms with E-state index in [0.29, 0.717) is 19.0 Å². The maximum absolute atomic E-state index is 12.5. The van der Waals surface area contributed by atoms with E-state index in [1.807, 2.05) is 0 Å². The Bertz CT molecular complexity index is 212. The smallest absolute Gasteiger partial charge is 0.303 e. The minimum Gasteiger partial charge on any atom is -0.303 e. The molecule has 1 nitrogen and oxygen atoms in total. The summed E-state index contributed by atoms with van der Waals surface area (Å²) in [6.07, 6.45) is -1.22. The minimum absolute atomic E-state index is 0.274. The molecule has 0 N–H and O–H groups in total. The summed E-state index contributed by atoms with van der Waals surface area (Å²) in [4.78, 5) is 2.17. The van der Waals surface area contributed by atoms with Gasteiger partial charge in [-0.3, -0.25) is 0 Å². The summed E-state index contributed by atoms with van der Waals surface area (Å²) in [6.45, 7) is 4.35. The zero-order valence-electron chi connectivity index (χ0n) is 10.3. The van der Waals surface area contributed by atoms with Crippen molar-refractivity contribution in [3.8, 4) is 0 Å². The van der Waals surface area contributed by atoms with Gasteiger partial charge in [0.2, 0.25) is 0 Å². The van der Waals surface area contributed by atoms with E-state index in [-0.39, 0.29) is 12.8 Å². The van der Waals surface area contributed by atoms with Crippen LogP contribution in [0, 0.1) is 11.8 Å². The van der Waals surface area contributed by atoms with Crippen LogP contribution in [-0.4, -0.2) is 36.0 Å². The molecule has 1 fully saturated rings. The van der Waals surface area contributed by atoms with E-state index < -0.39 is 12.1 Å². The maximum atomic E-state index is 12.5. The summed E-state index contributed by atoms with van der Waals surface area (Å²) < 4.78 is 37.4. The lowest BCUT2D eigenvalue weighted by Gasteiger charge is -2.33. The second-order valence-corrected chi connectivity index (χ2v) is 5.82. The molecule has 5 heteroatoms. The highest BCUT2D eigenvalue weighted by atomic mass is 79.9. The average molecular weight is 316 g/mol. The summed E-state index contributed by atoms with van der Waals surface area (Å²) in [7, 11) is 0. The largest absolute Gasteiger partial charge is 0.391 e. The number of alkyl halides is 4. The van der Waals surface area contributed by atoms with Crippen molar-refractivity contribution in [2.75, 3.05) is 25.0 Å². The molecule has 1 saturated heterocycles. The molecule has 1 heterocycles. The van der Waals surface area contributed by atoms with E-state index in [1.165, 1.54) is 0 Å². The molecule has 0 radical (unpaired) electrons. The number of hydrogen-bond donors (Lipinski definition) is 0. The van der Waals surface area contributed by atoms with Crippen molar-refractivity contribution in [3.63, 3.8) is 0 Å². The van der Waals surface area contributed by atoms with E-state index in [2.05, 4.69) is 27.8 Å². The molecule has 0 spiro atoms. The summed E-state index contributed by atoms with van der Waals surface area (Å²) in [6, 6.07) is 0. The Morgan fingerprint density at radius 1 is 1.24 bits per heavy atom. The van der Waals surface area contributed by atoms with E-state index in [0.717, 1.165) is 24.7 Å². The molecular formula is C12H21BrF3N. The fraction of sp³-hybridized carbons (Fsp3) is 1.00. The molecule has 17 heavy (non-hydrogen) atoms. The van der Waals surface area contributed by atoms with Gasteiger partial charge in [0, 0.05) is 5.33 Å². The van der Waals surface area contributed by atoms with Crippen molar-refractivity contribution >= 4 is 15.9 Å². The lowest BCUT2D eigenvalue weighted by atomic mass is 9.95. The van der Waals surface area contributed by atoms with Gasteiger partial charge >= 0.3 is 6.18 Å². The molecule has 1 rings (SSSR count). The Balaban J connectivity index is 2.19. The molecule has 0 bridgehead atoms. The van der Waals surface area contributed by atoms with Crippen LogP contribution in [0.1, 0.15) is 32.6 Å². The summed E-state index contributed by atoms with van der Waals surface area (Å²) in [5.41, 5.74) is 0. The Morgan fingerprint density at radius 2 is 1.82 bits per heavy atom. The number of likely N-dealkylation sites (tertiary alicyclic amines) is 1. The van der Waals surface area contributed by atoms with Crippen LogP contribution >= 0.6 is 15.9 Å². The number of rotatable bonds is 5. The highest BCUT2D eigenvalue weighted by Crippen LogP contribution is 2.34. The normalized spacial score (nSPS) is 21.7. The van der Waals surface area contributed by atoms with Gasteiger partial charge in [0.05, 0.1) is 5.92 Å². The first kappa shape index (κ1) is 15.3. The third-order valence-electron chi connectivity index (χ3n) is 3.59. The van der Waals surface area contributed by atoms with Crippen LogP contribution in [0.25, 0.3) is 0 Å². The molecule has 0 saturated carbocycles. The lowest BCUT2D eigenvalue weighted by Crippen LogP contribution is -2.39. The first-order valence-electron chi connectivity index (χ1n) is 6.28. The summed E-state index contributed by atoms with van der Waals surface area (Å²) in [5.74, 6) is -0.423. The number of piperidine rings is 1. The van der Waals surface area contributed by atoms with E-state index in [9.17, 15) is 13.2 Å². The van der Waals surface area contributed by atoms with Crippen molar-refractivity contribution in [1.82, 2.24) is 4.90 Å². The molecule has 0 aromatic rings. The third kappa shape index (κ3) is 5.60. The van der Waals surface area contributed by atoms with Crippen molar-refractivity contribution in [3.05, 3.63) is 0 Å². The van der Waals surface area contributed by atoms with Crippen LogP contribution in [0.5, 0.6) is 0 Å². The fourth-order valence-electron chi connectivity index (χ4n) is 2.22. The molecule has 102 valence electrons. The molecule has 0 aromatic carbocycles. The zero-order chi connectivity index (χ0) is 12.9. The van der Waals surface area contributed by atoms with Gasteiger partial charge in [-0.25, -0.2) is 0 Å². The average Bonchev–Trinajstić information content (AvgIpc) is 2.26. The first-order valence-corrected chi connectivity index (χ1v) is 7.40. The van der Waals surface area contributed by atoms with Crippen LogP contribution in [0.4, 0.5) is 13.2 Å². The van der Waals surface area contributed by atoms with Crippen LogP contribution in [0.15, 0.2) is 0 Å². The predicted molar refractivity (Wildman–Crippen MR) is 67.4 cm³/mol. The highest BCUT2D eigenvalue weighted by molar-refractivity contribution is 9.09. The molecule has 1 aliphatic rings. The van der Waals surface area contributed by atoms with Crippen molar-refractivity contribution < 1.29 is 13.2 Å². The fourth-order valence-corrected chi connectivity index (χ4v) is 3.00. The first-order chi connectivity index (χ1) is 7.93. The van der Waals surface area contributed by atoms with Gasteiger partial charge in [0.1, 0.15) is 0 Å². The summed E-state index contributed by atoms with van der Waals surface area (Å²) in [5, 5.41) is 1.00. The van der Waals surface area contributed by atoms with Gasteiger partial charge in [-0.1, -0.05) is 22.9 Å². The van der Waals surface area contributed by atoms with Crippen molar-refractivity contribution in [1.29, 1.82) is 0 Å². The number of hydrogen-bond acceptors (Lipinski definition) is 1. The molecule has 1 aliphatic heterocycles. The number of nitrogens with zero attached hydrogens (tertiary/aromatic N) is 1. The second kappa shape index (κ2) is 6.98. The zero-order valence-corrected chi connectivity index (χ0v) is 11.9. The van der Waals surface area contributed by atoms with Gasteiger partial charge in [0.15, 0.2) is 0 Å². The highest BCUT2D eigenvalue weighted by Gasteiger charge is 2.40. The standard InChI is InChI=1S/C12H21BrF3N/c1-10(2-6-13)3-7-17-8-4-11(5-9-17)12(14,15)16/h10-11H,2-9H2,1H3. The van der Waals surface area contributed by atoms with E-state index in [1.54, 1.807) is 0 Å². The second-order valence-electron chi connectivity index (χ2n) is 5.03. The maximum Gasteiger partial charge on any atom is 0.391 e. The van der Waals surface area contributed by atoms with Gasteiger partial charge in [-0.2, -0.15) is 13.2 Å². The Kier molecular flexibility index (Phi) is 6.27. The molecular weight excluding hydrogens is 295 g/mol. The molecule has 1 atom stereocenters. The Labute approximate surface area is 110 Å². The minimum atomic E-state index is -3.99. The third-order valence-corrected chi connectivity index (χ3v) is 4.05. The van der Waals surface area contributed by atoms with Gasteiger partial charge in [-0.15, -0.1) is 0 Å². The van der Waals surface area contributed by atoms with Crippen LogP contribution in [0.2, 0.25) is 0 Å². The Morgan fingerprint density at radius 3 is 2.29 bits per heavy atom. The topological polar surface area (TPSA) is 3.24 Å². The SMILES string of the molecule is CC(CCBr)CCN1CCC(C(F)(F)F)CC1. The van der Waals surface area contributed by atoms with E-state index in [4.69, 9.17) is 0 Å². The van der Waals surface area contributed by atoms with Gasteiger partial charge < -0.3 is 4.90 Å². The van der Waals surface area contributed by atoms with Crippen molar-refractivity contribution in [2.24, 2.45) is 11.8 Å².